The van der Waals surface area contributed by atoms with Gasteiger partial charge in [0.2, 0.25) is 5.91 Å². The van der Waals surface area contributed by atoms with Gasteiger partial charge >= 0.3 is 0 Å². The van der Waals surface area contributed by atoms with Crippen molar-refractivity contribution >= 4 is 28.9 Å². The van der Waals surface area contributed by atoms with Gasteiger partial charge in [-0.25, -0.2) is 9.40 Å². The van der Waals surface area contributed by atoms with Gasteiger partial charge in [0.05, 0.1) is 12.8 Å². The van der Waals surface area contributed by atoms with Crippen LogP contribution in [0, 0.1) is 5.82 Å². The van der Waals surface area contributed by atoms with Crippen LogP contribution in [-0.4, -0.2) is 45.5 Å². The van der Waals surface area contributed by atoms with Gasteiger partial charge < -0.3 is 9.88 Å². The van der Waals surface area contributed by atoms with E-state index in [1.165, 1.54) is 23.4 Å². The minimum atomic E-state index is -0.572. The smallest absolute Gasteiger partial charge is 0.266 e. The average Bonchev–Trinajstić information content (AvgIpc) is 3.06. The fourth-order valence-corrected chi connectivity index (χ4v) is 3.98. The molecule has 0 saturated carbocycles. The van der Waals surface area contributed by atoms with Gasteiger partial charge in [0, 0.05) is 23.0 Å². The lowest BCUT2D eigenvalue weighted by molar-refractivity contribution is -0.157. The van der Waals surface area contributed by atoms with Crippen molar-refractivity contribution in [3.8, 4) is 0 Å². The summed E-state index contributed by atoms with van der Waals surface area (Å²) < 4.78 is 13.3. The standard InChI is InChI=1S/C21H17FN4O2/c22-14-5-3-4-13(8-14)10-23-26-12-20(27)25-11-18-16(9-19(25)21(26)28)15-6-1-2-7-17(15)24-18/h1-8,10,19,24H,9,11-12H2/b23-10+/t19-/m0/s1. The Morgan fingerprint density at radius 3 is 2.82 bits per heavy atom. The van der Waals surface area contributed by atoms with E-state index in [1.807, 2.05) is 24.3 Å². The van der Waals surface area contributed by atoms with Crippen LogP contribution in [0.3, 0.4) is 0 Å². The summed E-state index contributed by atoms with van der Waals surface area (Å²) in [7, 11) is 0. The van der Waals surface area contributed by atoms with Crippen LogP contribution in [0.15, 0.2) is 53.6 Å². The van der Waals surface area contributed by atoms with Gasteiger partial charge in [-0.15, -0.1) is 0 Å². The van der Waals surface area contributed by atoms with Crippen molar-refractivity contribution in [3.05, 3.63) is 71.2 Å². The molecule has 2 aromatic carbocycles. The maximum absolute atomic E-state index is 13.3. The molecule has 5 rings (SSSR count). The number of aromatic amines is 1. The number of rotatable bonds is 2. The molecular formula is C21H17FN4O2. The summed E-state index contributed by atoms with van der Waals surface area (Å²) in [6.07, 6.45) is 1.86. The number of amides is 2. The molecule has 2 aliphatic heterocycles. The quantitative estimate of drug-likeness (QED) is 0.698. The number of piperazine rings is 1. The fourth-order valence-electron chi connectivity index (χ4n) is 3.98. The second-order valence-electron chi connectivity index (χ2n) is 7.06. The molecule has 1 aromatic heterocycles. The number of halogens is 1. The minimum Gasteiger partial charge on any atom is -0.357 e. The number of fused-ring (bicyclic) bond motifs is 4. The number of nitrogens with one attached hydrogen (secondary N) is 1. The predicted molar refractivity (Wildman–Crippen MR) is 102 cm³/mol. The van der Waals surface area contributed by atoms with E-state index in [4.69, 9.17) is 0 Å². The zero-order valence-electron chi connectivity index (χ0n) is 14.9. The minimum absolute atomic E-state index is 0.114. The molecule has 2 amide bonds. The molecule has 7 heteroatoms. The molecule has 0 aliphatic carbocycles. The molecule has 3 heterocycles. The number of aromatic nitrogens is 1. The molecule has 0 spiro atoms. The Kier molecular flexibility index (Phi) is 3.75. The number of benzene rings is 2. The van der Waals surface area contributed by atoms with Crippen LogP contribution in [0.25, 0.3) is 10.9 Å². The first-order chi connectivity index (χ1) is 13.6. The summed E-state index contributed by atoms with van der Waals surface area (Å²) in [6.45, 7) is 0.275. The summed E-state index contributed by atoms with van der Waals surface area (Å²) in [5.41, 5.74) is 3.60. The lowest BCUT2D eigenvalue weighted by Gasteiger charge is -2.40. The van der Waals surface area contributed by atoms with Gasteiger partial charge in [0.1, 0.15) is 18.4 Å². The number of nitrogens with zero attached hydrogens (tertiary/aromatic N) is 3. The Hall–Kier alpha value is -3.48. The Labute approximate surface area is 160 Å². The van der Waals surface area contributed by atoms with Crippen LogP contribution < -0.4 is 0 Å². The van der Waals surface area contributed by atoms with E-state index in [9.17, 15) is 14.0 Å². The summed E-state index contributed by atoms with van der Waals surface area (Å²) in [4.78, 5) is 30.6. The average molecular weight is 376 g/mol. The Morgan fingerprint density at radius 1 is 1.11 bits per heavy atom. The maximum atomic E-state index is 13.3. The first kappa shape index (κ1) is 16.7. The predicted octanol–water partition coefficient (Wildman–Crippen LogP) is 2.44. The Balaban J connectivity index is 1.45. The lowest BCUT2D eigenvalue weighted by Crippen LogP contribution is -2.60. The molecule has 0 bridgehead atoms. The van der Waals surface area contributed by atoms with Crippen LogP contribution in [0.4, 0.5) is 4.39 Å². The van der Waals surface area contributed by atoms with Gasteiger partial charge in [-0.05, 0) is 29.3 Å². The van der Waals surface area contributed by atoms with E-state index in [2.05, 4.69) is 10.1 Å². The number of carbonyl (C=O) groups excluding carboxylic acids is 2. The van der Waals surface area contributed by atoms with Crippen LogP contribution in [0.1, 0.15) is 16.8 Å². The summed E-state index contributed by atoms with van der Waals surface area (Å²) >= 11 is 0. The van der Waals surface area contributed by atoms with E-state index in [0.717, 1.165) is 22.2 Å². The topological polar surface area (TPSA) is 68.8 Å². The van der Waals surface area contributed by atoms with Crippen molar-refractivity contribution in [1.29, 1.82) is 0 Å². The fraction of sp³-hybridized carbons (Fsp3) is 0.190. The highest BCUT2D eigenvalue weighted by Crippen LogP contribution is 2.32. The second kappa shape index (κ2) is 6.30. The van der Waals surface area contributed by atoms with E-state index in [-0.39, 0.29) is 24.2 Å². The zero-order chi connectivity index (χ0) is 19.3. The molecule has 1 N–H and O–H groups in total. The molecule has 3 aromatic rings. The summed E-state index contributed by atoms with van der Waals surface area (Å²) in [5, 5.41) is 6.43. The van der Waals surface area contributed by atoms with E-state index < -0.39 is 6.04 Å². The van der Waals surface area contributed by atoms with E-state index >= 15 is 0 Å². The highest BCUT2D eigenvalue weighted by Gasteiger charge is 2.43. The number of H-pyrrole nitrogens is 1. The summed E-state index contributed by atoms with van der Waals surface area (Å²) in [5.74, 6) is -0.746. The highest BCUT2D eigenvalue weighted by molar-refractivity contribution is 5.97. The zero-order valence-corrected chi connectivity index (χ0v) is 14.9. The lowest BCUT2D eigenvalue weighted by atomic mass is 9.94. The number of hydrogen-bond donors (Lipinski definition) is 1. The van der Waals surface area contributed by atoms with E-state index in [0.29, 0.717) is 18.5 Å². The molecule has 1 atom stereocenters. The van der Waals surface area contributed by atoms with Crippen molar-refractivity contribution in [1.82, 2.24) is 14.9 Å². The third kappa shape index (κ3) is 2.67. The van der Waals surface area contributed by atoms with Crippen molar-refractivity contribution in [2.75, 3.05) is 6.54 Å². The van der Waals surface area contributed by atoms with Crippen molar-refractivity contribution in [2.45, 2.75) is 19.0 Å². The first-order valence-electron chi connectivity index (χ1n) is 9.09. The normalized spacial score (nSPS) is 19.4. The van der Waals surface area contributed by atoms with Crippen molar-refractivity contribution in [3.63, 3.8) is 0 Å². The largest absolute Gasteiger partial charge is 0.357 e. The van der Waals surface area contributed by atoms with Gasteiger partial charge in [-0.3, -0.25) is 9.59 Å². The maximum Gasteiger partial charge on any atom is 0.266 e. The van der Waals surface area contributed by atoms with Crippen molar-refractivity contribution < 1.29 is 14.0 Å². The number of hydrazone groups is 1. The molecule has 1 saturated heterocycles. The van der Waals surface area contributed by atoms with Gasteiger partial charge in [0.25, 0.3) is 5.91 Å². The van der Waals surface area contributed by atoms with Crippen LogP contribution in [0.2, 0.25) is 0 Å². The molecule has 6 nitrogen and oxygen atoms in total. The first-order valence-corrected chi connectivity index (χ1v) is 9.09. The molecule has 1 fully saturated rings. The monoisotopic (exact) mass is 376 g/mol. The SMILES string of the molecule is O=C1[C@@H]2Cc3c([nH]c4ccccc34)CN2C(=O)CN1/N=C/c1cccc(F)c1. The number of carbonyl (C=O) groups is 2. The van der Waals surface area contributed by atoms with Crippen LogP contribution in [0.5, 0.6) is 0 Å². The third-order valence-corrected chi connectivity index (χ3v) is 5.34. The van der Waals surface area contributed by atoms with Crippen LogP contribution in [-0.2, 0) is 22.6 Å². The highest BCUT2D eigenvalue weighted by atomic mass is 19.1. The van der Waals surface area contributed by atoms with Crippen LogP contribution >= 0.6 is 0 Å². The second-order valence-corrected chi connectivity index (χ2v) is 7.06. The molecular weight excluding hydrogens is 359 g/mol. The summed E-state index contributed by atoms with van der Waals surface area (Å²) in [6, 6.07) is 13.3. The van der Waals surface area contributed by atoms with Crippen molar-refractivity contribution in [2.24, 2.45) is 5.10 Å². The van der Waals surface area contributed by atoms with E-state index in [1.54, 1.807) is 17.0 Å². The Morgan fingerprint density at radius 2 is 1.96 bits per heavy atom. The van der Waals surface area contributed by atoms with Gasteiger partial charge in [-0.2, -0.15) is 5.10 Å². The third-order valence-electron chi connectivity index (χ3n) is 5.34. The molecule has 0 unspecified atom stereocenters. The number of hydrogen-bond acceptors (Lipinski definition) is 3. The molecule has 140 valence electrons. The van der Waals surface area contributed by atoms with Gasteiger partial charge in [0.15, 0.2) is 0 Å². The number of para-hydroxylation sites is 1. The van der Waals surface area contributed by atoms with Gasteiger partial charge in [-0.1, -0.05) is 30.3 Å². The molecule has 0 radical (unpaired) electrons. The molecule has 28 heavy (non-hydrogen) atoms. The Bertz CT molecular complexity index is 1140. The molecule has 2 aliphatic rings.